The van der Waals surface area contributed by atoms with Gasteiger partial charge < -0.3 is 28.8 Å². The Hall–Kier alpha value is -4.83. The topological polar surface area (TPSA) is 118 Å². The molecule has 4 rings (SSSR count). The number of aryl methyl sites for hydroxylation is 1. The number of ether oxygens (including phenoxy) is 5. The summed E-state index contributed by atoms with van der Waals surface area (Å²) in [5.41, 5.74) is 7.12. The lowest BCUT2D eigenvalue weighted by atomic mass is 9.78. The summed E-state index contributed by atoms with van der Waals surface area (Å²) < 4.78 is 26.3. The van der Waals surface area contributed by atoms with Gasteiger partial charge in [0.2, 0.25) is 0 Å². The third-order valence-electron chi connectivity index (χ3n) is 8.64. The number of aliphatic hydroxyl groups excluding tert-OH is 1. The summed E-state index contributed by atoms with van der Waals surface area (Å²) in [6.07, 6.45) is 4.26. The number of benzene rings is 3. The second kappa shape index (κ2) is 18.8. The van der Waals surface area contributed by atoms with Gasteiger partial charge in [-0.05, 0) is 90.0 Å². The second-order valence-electron chi connectivity index (χ2n) is 12.4. The fourth-order valence-electron chi connectivity index (χ4n) is 5.89. The highest BCUT2D eigenvalue weighted by Crippen LogP contribution is 2.41. The maximum Gasteiger partial charge on any atom is 0.341 e. The van der Waals surface area contributed by atoms with E-state index >= 15 is 0 Å². The molecule has 1 aliphatic rings. The van der Waals surface area contributed by atoms with Crippen LogP contribution in [0.4, 0.5) is 0 Å². The van der Waals surface area contributed by atoms with Crippen LogP contribution in [-0.4, -0.2) is 69.8 Å². The van der Waals surface area contributed by atoms with Crippen molar-refractivity contribution in [1.29, 1.82) is 0 Å². The molecular formula is C41H46O9. The van der Waals surface area contributed by atoms with Crippen LogP contribution >= 0.6 is 0 Å². The Morgan fingerprint density at radius 3 is 1.94 bits per heavy atom. The van der Waals surface area contributed by atoms with Crippen LogP contribution in [0.5, 0.6) is 5.75 Å². The molecule has 1 aliphatic carbocycles. The molecule has 0 spiro atoms. The number of rotatable bonds is 17. The van der Waals surface area contributed by atoms with Gasteiger partial charge in [0.1, 0.15) is 11.9 Å². The van der Waals surface area contributed by atoms with Crippen molar-refractivity contribution in [1.82, 2.24) is 0 Å². The molecule has 0 unspecified atom stereocenters. The van der Waals surface area contributed by atoms with E-state index in [2.05, 4.69) is 62.2 Å². The van der Waals surface area contributed by atoms with Crippen LogP contribution in [0.2, 0.25) is 0 Å². The molecule has 9 nitrogen and oxygen atoms in total. The zero-order chi connectivity index (χ0) is 36.0. The Kier molecular flexibility index (Phi) is 14.3. The van der Waals surface area contributed by atoms with E-state index in [0.29, 0.717) is 37.2 Å². The van der Waals surface area contributed by atoms with Crippen LogP contribution in [-0.2, 0) is 39.8 Å². The summed E-state index contributed by atoms with van der Waals surface area (Å²) in [5.74, 6) is -0.897. The first kappa shape index (κ1) is 38.0. The molecule has 50 heavy (non-hydrogen) atoms. The third kappa shape index (κ3) is 10.6. The van der Waals surface area contributed by atoms with E-state index in [9.17, 15) is 19.5 Å². The number of carbonyl (C=O) groups excluding carboxylic acids is 3. The Bertz CT molecular complexity index is 1660. The maximum atomic E-state index is 12.3. The smallest absolute Gasteiger partial charge is 0.341 e. The minimum absolute atomic E-state index is 0.0536. The van der Waals surface area contributed by atoms with Crippen LogP contribution in [0.3, 0.4) is 0 Å². The standard InChI is InChI=1S/C41H46O9/c1-27(24-42)40(44)49-35-19-14-33(15-20-35)38-23-34(31-10-8-30(9-11-31)7-6-22-48-39(43)28(2)25-46-4)16-21-37(38)32-12-17-36(18-13-32)50-41(45)29(3)26-47-5/h8-13,16-18,21,23,33,35,42H,1-3,6-7,14-15,19-20,22,24-26H2,4-5H3. The molecule has 1 N–H and O–H groups in total. The van der Waals surface area contributed by atoms with Gasteiger partial charge in [0, 0.05) is 14.2 Å². The zero-order valence-corrected chi connectivity index (χ0v) is 28.9. The molecule has 264 valence electrons. The van der Waals surface area contributed by atoms with Crippen molar-refractivity contribution in [3.8, 4) is 28.0 Å². The van der Waals surface area contributed by atoms with Crippen molar-refractivity contribution in [2.75, 3.05) is 40.6 Å². The maximum absolute atomic E-state index is 12.3. The van der Waals surface area contributed by atoms with E-state index < -0.39 is 24.5 Å². The minimum Gasteiger partial charge on any atom is -0.462 e. The lowest BCUT2D eigenvalue weighted by molar-refractivity contribution is -0.146. The number of aliphatic hydroxyl groups is 1. The van der Waals surface area contributed by atoms with Gasteiger partial charge in [-0.25, -0.2) is 14.4 Å². The van der Waals surface area contributed by atoms with Gasteiger partial charge in [-0.3, -0.25) is 0 Å². The Morgan fingerprint density at radius 1 is 0.720 bits per heavy atom. The number of esters is 3. The van der Waals surface area contributed by atoms with E-state index in [-0.39, 0.29) is 36.4 Å². The van der Waals surface area contributed by atoms with Crippen molar-refractivity contribution in [3.05, 3.63) is 114 Å². The second-order valence-corrected chi connectivity index (χ2v) is 12.4. The molecule has 0 aromatic heterocycles. The Morgan fingerprint density at radius 2 is 1.32 bits per heavy atom. The number of hydrogen-bond donors (Lipinski definition) is 1. The van der Waals surface area contributed by atoms with E-state index in [0.717, 1.165) is 47.1 Å². The van der Waals surface area contributed by atoms with Gasteiger partial charge in [-0.2, -0.15) is 0 Å². The van der Waals surface area contributed by atoms with Crippen LogP contribution in [0.1, 0.15) is 49.1 Å². The van der Waals surface area contributed by atoms with Gasteiger partial charge in [-0.15, -0.1) is 0 Å². The predicted molar refractivity (Wildman–Crippen MR) is 192 cm³/mol. The van der Waals surface area contributed by atoms with Crippen molar-refractivity contribution in [3.63, 3.8) is 0 Å². The van der Waals surface area contributed by atoms with E-state index in [1.54, 1.807) is 12.1 Å². The van der Waals surface area contributed by atoms with Crippen molar-refractivity contribution in [2.45, 2.75) is 50.5 Å². The molecule has 0 aliphatic heterocycles. The van der Waals surface area contributed by atoms with Gasteiger partial charge in [0.05, 0.1) is 43.1 Å². The average molecular weight is 683 g/mol. The largest absolute Gasteiger partial charge is 0.462 e. The molecule has 0 heterocycles. The first-order valence-electron chi connectivity index (χ1n) is 16.7. The highest BCUT2D eigenvalue weighted by Gasteiger charge is 2.27. The lowest BCUT2D eigenvalue weighted by Gasteiger charge is -2.30. The highest BCUT2D eigenvalue weighted by atomic mass is 16.5. The molecule has 0 bridgehead atoms. The molecule has 3 aromatic rings. The van der Waals surface area contributed by atoms with Crippen molar-refractivity contribution in [2.24, 2.45) is 0 Å². The van der Waals surface area contributed by atoms with E-state index in [4.69, 9.17) is 23.7 Å². The van der Waals surface area contributed by atoms with Gasteiger partial charge in [0.25, 0.3) is 0 Å². The first-order valence-corrected chi connectivity index (χ1v) is 16.7. The summed E-state index contributed by atoms with van der Waals surface area (Å²) in [4.78, 5) is 36.5. The SMILES string of the molecule is C=C(COC)C(=O)OCCCc1ccc(-c2ccc(-c3ccc(OC(=O)C(=C)COC)cc3)c(C3CCC(OC(=O)C(=C)CO)CC3)c2)cc1. The lowest BCUT2D eigenvalue weighted by Crippen LogP contribution is -2.25. The molecular weight excluding hydrogens is 636 g/mol. The van der Waals surface area contributed by atoms with Crippen molar-refractivity contribution < 1.29 is 43.2 Å². The minimum atomic E-state index is -0.553. The molecule has 0 saturated heterocycles. The van der Waals surface area contributed by atoms with Crippen molar-refractivity contribution >= 4 is 17.9 Å². The molecule has 0 atom stereocenters. The predicted octanol–water partition coefficient (Wildman–Crippen LogP) is 6.92. The van der Waals surface area contributed by atoms with Crippen LogP contribution in [0.25, 0.3) is 22.3 Å². The number of methoxy groups -OCH3 is 2. The van der Waals surface area contributed by atoms with Crippen LogP contribution in [0.15, 0.2) is 103 Å². The van der Waals surface area contributed by atoms with Crippen LogP contribution in [0, 0.1) is 0 Å². The first-order chi connectivity index (χ1) is 24.1. The molecule has 1 saturated carbocycles. The normalized spacial score (nSPS) is 15.5. The zero-order valence-electron chi connectivity index (χ0n) is 28.9. The molecule has 1 fully saturated rings. The quantitative estimate of drug-likeness (QED) is 0.0701. The molecule has 9 heteroatoms. The van der Waals surface area contributed by atoms with Gasteiger partial charge in [0.15, 0.2) is 0 Å². The summed E-state index contributed by atoms with van der Waals surface area (Å²) in [7, 11) is 3.00. The number of carbonyl (C=O) groups is 3. The Labute approximate surface area is 294 Å². The van der Waals surface area contributed by atoms with E-state index in [1.165, 1.54) is 19.8 Å². The molecule has 0 radical (unpaired) electrons. The highest BCUT2D eigenvalue weighted by molar-refractivity contribution is 5.90. The molecule has 0 amide bonds. The number of hydrogen-bond acceptors (Lipinski definition) is 9. The fraction of sp³-hybridized carbons (Fsp3) is 0.341. The Balaban J connectivity index is 1.51. The third-order valence-corrected chi connectivity index (χ3v) is 8.64. The fourth-order valence-corrected chi connectivity index (χ4v) is 5.89. The van der Waals surface area contributed by atoms with E-state index in [1.807, 2.05) is 12.1 Å². The summed E-state index contributed by atoms with van der Waals surface area (Å²) in [5, 5.41) is 9.25. The van der Waals surface area contributed by atoms with Gasteiger partial charge in [-0.1, -0.05) is 74.3 Å². The van der Waals surface area contributed by atoms with Gasteiger partial charge >= 0.3 is 17.9 Å². The average Bonchev–Trinajstić information content (AvgIpc) is 3.13. The monoisotopic (exact) mass is 682 g/mol. The molecule has 3 aromatic carbocycles. The summed E-state index contributed by atoms with van der Waals surface area (Å²) >= 11 is 0. The van der Waals surface area contributed by atoms with Crippen LogP contribution < -0.4 is 4.74 Å². The summed E-state index contributed by atoms with van der Waals surface area (Å²) in [6, 6.07) is 22.3. The summed E-state index contributed by atoms with van der Waals surface area (Å²) in [6.45, 7) is 11.1.